The monoisotopic (exact) mass is 440 g/mol. The van der Waals surface area contributed by atoms with Crippen LogP contribution in [0, 0.1) is 29.1 Å². The normalized spacial score (nSPS) is 11.3. The molecule has 0 aromatic heterocycles. The molecule has 0 aliphatic heterocycles. The fourth-order valence-corrected chi connectivity index (χ4v) is 3.93. The smallest absolute Gasteiger partial charge is 0.159 e. The highest BCUT2D eigenvalue weighted by Crippen LogP contribution is 2.34. The van der Waals surface area contributed by atoms with E-state index in [0.29, 0.717) is 10.8 Å². The summed E-state index contributed by atoms with van der Waals surface area (Å²) in [7, 11) is 0. The Hall–Kier alpha value is -3.21. The molecular weight excluding hydrogens is 419 g/mol. The van der Waals surface area contributed by atoms with Gasteiger partial charge in [0.2, 0.25) is 0 Å². The maximum atomic E-state index is 14.9. The number of benzene rings is 4. The van der Waals surface area contributed by atoms with Crippen LogP contribution in [0.3, 0.4) is 0 Å². The van der Waals surface area contributed by atoms with E-state index >= 15 is 0 Å². The summed E-state index contributed by atoms with van der Waals surface area (Å²) in [6, 6.07) is 13.2. The molecule has 0 fully saturated rings. The van der Waals surface area contributed by atoms with Crippen LogP contribution in [0.4, 0.5) is 22.0 Å². The summed E-state index contributed by atoms with van der Waals surface area (Å²) in [6.07, 6.45) is 3.82. The third kappa shape index (κ3) is 4.38. The molecule has 0 N–H and O–H groups in total. The molecule has 0 saturated carbocycles. The van der Waals surface area contributed by atoms with E-state index in [1.807, 2.05) is 0 Å². The Kier molecular flexibility index (Phi) is 6.26. The molecule has 164 valence electrons. The number of aryl methyl sites for hydroxylation is 1. The molecule has 0 saturated heterocycles. The van der Waals surface area contributed by atoms with Crippen LogP contribution >= 0.6 is 0 Å². The lowest BCUT2D eigenvalue weighted by Gasteiger charge is -2.11. The van der Waals surface area contributed by atoms with Gasteiger partial charge < -0.3 is 0 Å². The van der Waals surface area contributed by atoms with Crippen molar-refractivity contribution in [3.63, 3.8) is 0 Å². The van der Waals surface area contributed by atoms with Gasteiger partial charge in [0, 0.05) is 5.56 Å². The van der Waals surface area contributed by atoms with Crippen molar-refractivity contribution in [3.8, 4) is 22.3 Å². The second-order valence-electron chi connectivity index (χ2n) is 7.91. The Bertz CT molecular complexity index is 1270. The summed E-state index contributed by atoms with van der Waals surface area (Å²) in [5.74, 6) is -4.31. The highest BCUT2D eigenvalue weighted by atomic mass is 19.2. The van der Waals surface area contributed by atoms with Crippen molar-refractivity contribution < 1.29 is 22.0 Å². The molecule has 4 aromatic rings. The van der Waals surface area contributed by atoms with Gasteiger partial charge in [-0.3, -0.25) is 0 Å². The van der Waals surface area contributed by atoms with E-state index in [9.17, 15) is 22.0 Å². The molecule has 0 unspecified atom stereocenters. The number of hydrogen-bond acceptors (Lipinski definition) is 0. The van der Waals surface area contributed by atoms with E-state index in [4.69, 9.17) is 0 Å². The third-order valence-electron chi connectivity index (χ3n) is 5.62. The first-order valence-corrected chi connectivity index (χ1v) is 10.5. The Morgan fingerprint density at radius 2 is 1.25 bits per heavy atom. The molecule has 0 atom stereocenters. The molecule has 0 radical (unpaired) electrons. The zero-order valence-electron chi connectivity index (χ0n) is 17.5. The predicted octanol–water partition coefficient (Wildman–Crippen LogP) is 8.60. The van der Waals surface area contributed by atoms with Crippen molar-refractivity contribution in [2.24, 2.45) is 0 Å². The zero-order chi connectivity index (χ0) is 22.8. The SMILES string of the molecule is CCCCCc1ccc(-c2cc(F)c(-c3ccc4cc(F)c(F)cc4c3)c(F)c2)c(F)c1. The van der Waals surface area contributed by atoms with Crippen molar-refractivity contribution in [3.05, 3.63) is 95.3 Å². The van der Waals surface area contributed by atoms with Crippen molar-refractivity contribution in [1.82, 2.24) is 0 Å². The van der Waals surface area contributed by atoms with Gasteiger partial charge in [-0.05, 0) is 76.7 Å². The van der Waals surface area contributed by atoms with Gasteiger partial charge >= 0.3 is 0 Å². The van der Waals surface area contributed by atoms with Gasteiger partial charge in [-0.15, -0.1) is 0 Å². The van der Waals surface area contributed by atoms with Gasteiger partial charge in [0.15, 0.2) is 11.6 Å². The third-order valence-corrected chi connectivity index (χ3v) is 5.62. The van der Waals surface area contributed by atoms with Crippen LogP contribution < -0.4 is 0 Å². The van der Waals surface area contributed by atoms with E-state index in [1.54, 1.807) is 6.07 Å². The quantitative estimate of drug-likeness (QED) is 0.208. The number of rotatable bonds is 6. The lowest BCUT2D eigenvalue weighted by atomic mass is 9.96. The van der Waals surface area contributed by atoms with Crippen LogP contribution in [0.25, 0.3) is 33.0 Å². The Morgan fingerprint density at radius 1 is 0.562 bits per heavy atom. The molecular formula is C27H21F5. The van der Waals surface area contributed by atoms with Crippen LogP contribution in [-0.4, -0.2) is 0 Å². The predicted molar refractivity (Wildman–Crippen MR) is 118 cm³/mol. The summed E-state index contributed by atoms with van der Waals surface area (Å²) >= 11 is 0. The molecule has 32 heavy (non-hydrogen) atoms. The second kappa shape index (κ2) is 9.11. The van der Waals surface area contributed by atoms with Crippen molar-refractivity contribution >= 4 is 10.8 Å². The molecule has 0 aliphatic rings. The van der Waals surface area contributed by atoms with Gasteiger partial charge in [-0.2, -0.15) is 0 Å². The highest BCUT2D eigenvalue weighted by molar-refractivity contribution is 5.88. The van der Waals surface area contributed by atoms with Crippen molar-refractivity contribution in [2.75, 3.05) is 0 Å². The molecule has 5 heteroatoms. The van der Waals surface area contributed by atoms with E-state index in [-0.39, 0.29) is 22.3 Å². The van der Waals surface area contributed by atoms with E-state index in [1.165, 1.54) is 30.3 Å². The van der Waals surface area contributed by atoms with Gasteiger partial charge in [0.1, 0.15) is 17.5 Å². The molecule has 0 amide bonds. The van der Waals surface area contributed by atoms with Crippen LogP contribution in [-0.2, 0) is 6.42 Å². The first-order valence-electron chi connectivity index (χ1n) is 10.5. The second-order valence-corrected chi connectivity index (χ2v) is 7.91. The first-order chi connectivity index (χ1) is 15.4. The molecule has 0 nitrogen and oxygen atoms in total. The zero-order valence-corrected chi connectivity index (χ0v) is 17.5. The van der Waals surface area contributed by atoms with Crippen LogP contribution in [0.15, 0.2) is 60.7 Å². The topological polar surface area (TPSA) is 0 Å². The fourth-order valence-electron chi connectivity index (χ4n) is 3.93. The largest absolute Gasteiger partial charge is 0.206 e. The summed E-state index contributed by atoms with van der Waals surface area (Å²) in [4.78, 5) is 0. The lowest BCUT2D eigenvalue weighted by molar-refractivity contribution is 0.511. The maximum absolute atomic E-state index is 14.9. The average Bonchev–Trinajstić information content (AvgIpc) is 2.74. The highest BCUT2D eigenvalue weighted by Gasteiger charge is 2.17. The van der Waals surface area contributed by atoms with E-state index < -0.39 is 29.1 Å². The Balaban J connectivity index is 1.70. The minimum Gasteiger partial charge on any atom is -0.206 e. The first kappa shape index (κ1) is 22.0. The van der Waals surface area contributed by atoms with Gasteiger partial charge in [-0.25, -0.2) is 22.0 Å². The van der Waals surface area contributed by atoms with E-state index in [2.05, 4.69) is 6.92 Å². The molecule has 0 heterocycles. The van der Waals surface area contributed by atoms with Crippen LogP contribution in [0.2, 0.25) is 0 Å². The van der Waals surface area contributed by atoms with Crippen LogP contribution in [0.5, 0.6) is 0 Å². The maximum Gasteiger partial charge on any atom is 0.159 e. The van der Waals surface area contributed by atoms with E-state index in [0.717, 1.165) is 55.5 Å². The fraction of sp³-hybridized carbons (Fsp3) is 0.185. The Labute approximate surface area is 183 Å². The number of halogens is 5. The number of unbranched alkanes of at least 4 members (excludes halogenated alkanes) is 2. The van der Waals surface area contributed by atoms with Crippen LogP contribution in [0.1, 0.15) is 31.7 Å². The van der Waals surface area contributed by atoms with Gasteiger partial charge in [0.05, 0.1) is 5.56 Å². The molecule has 0 spiro atoms. The number of hydrogen-bond donors (Lipinski definition) is 0. The average molecular weight is 440 g/mol. The van der Waals surface area contributed by atoms with Gasteiger partial charge in [0.25, 0.3) is 0 Å². The lowest BCUT2D eigenvalue weighted by Crippen LogP contribution is -1.95. The molecule has 0 bridgehead atoms. The standard InChI is InChI=1S/C27H21F5/c1-2-3-4-5-16-6-9-21(22(28)10-16)20-14-25(31)27(26(32)15-20)18-8-7-17-12-23(29)24(30)13-19(17)11-18/h6-15H,2-5H2,1H3. The van der Waals surface area contributed by atoms with Crippen molar-refractivity contribution in [2.45, 2.75) is 32.6 Å². The summed E-state index contributed by atoms with van der Waals surface area (Å²) in [6.45, 7) is 2.09. The molecule has 4 aromatic carbocycles. The minimum absolute atomic E-state index is 0.0928. The Morgan fingerprint density at radius 3 is 1.91 bits per heavy atom. The molecule has 4 rings (SSSR count). The summed E-state index contributed by atoms with van der Waals surface area (Å²) in [5.41, 5.74) is 0.922. The minimum atomic E-state index is -1.04. The van der Waals surface area contributed by atoms with Crippen molar-refractivity contribution in [1.29, 1.82) is 0 Å². The summed E-state index contributed by atoms with van der Waals surface area (Å²) < 4.78 is 71.5. The number of fused-ring (bicyclic) bond motifs is 1. The summed E-state index contributed by atoms with van der Waals surface area (Å²) in [5, 5.41) is 0.722. The van der Waals surface area contributed by atoms with Gasteiger partial charge in [-0.1, -0.05) is 44.0 Å². The molecule has 0 aliphatic carbocycles.